The zero-order valence-corrected chi connectivity index (χ0v) is 14.1. The molecule has 0 bridgehead atoms. The van der Waals surface area contributed by atoms with Crippen LogP contribution in [0.4, 0.5) is 0 Å². The first-order chi connectivity index (χ1) is 10.3. The molecule has 2 atom stereocenters. The molecule has 1 spiro atoms. The molecule has 5 nitrogen and oxygen atoms in total. The number of hydrogen-bond donors (Lipinski definition) is 1. The Bertz CT molecular complexity index is 546. The van der Waals surface area contributed by atoms with Crippen LogP contribution in [0.15, 0.2) is 18.2 Å². The van der Waals surface area contributed by atoms with E-state index in [1.807, 2.05) is 26.0 Å². The van der Waals surface area contributed by atoms with E-state index in [0.717, 1.165) is 13.1 Å². The van der Waals surface area contributed by atoms with Crippen LogP contribution in [0, 0.1) is 0 Å². The fraction of sp³-hybridized carbons (Fsp3) is 0.625. The van der Waals surface area contributed by atoms with E-state index in [1.165, 1.54) is 5.56 Å². The Balaban J connectivity index is 1.87. The molecule has 2 heterocycles. The lowest BCUT2D eigenvalue weighted by Gasteiger charge is -2.40. The van der Waals surface area contributed by atoms with Gasteiger partial charge in [0.25, 0.3) is 0 Å². The largest absolute Gasteiger partial charge is 0.653 e. The van der Waals surface area contributed by atoms with Crippen molar-refractivity contribution in [1.29, 1.82) is 0 Å². The molecule has 0 radical (unpaired) electrons. The Morgan fingerprint density at radius 2 is 1.59 bits per heavy atom. The van der Waals surface area contributed by atoms with Crippen LogP contribution in [0.5, 0.6) is 11.5 Å². The predicted molar refractivity (Wildman–Crippen MR) is 84.9 cm³/mol. The average Bonchev–Trinajstić information content (AvgIpc) is 2.72. The minimum Gasteiger partial charge on any atom is -0.632 e. The van der Waals surface area contributed by atoms with Crippen LogP contribution < -0.4 is 14.6 Å². The van der Waals surface area contributed by atoms with Crippen molar-refractivity contribution >= 4 is 6.96 Å². The van der Waals surface area contributed by atoms with Crippen molar-refractivity contribution in [1.82, 2.24) is 0 Å². The van der Waals surface area contributed by atoms with Gasteiger partial charge in [0, 0.05) is 0 Å². The number of fused-ring (bicyclic) bond motifs is 1. The Morgan fingerprint density at radius 3 is 2.18 bits per heavy atom. The molecule has 1 saturated heterocycles. The molecule has 2 aliphatic rings. The van der Waals surface area contributed by atoms with Gasteiger partial charge in [0.15, 0.2) is 0 Å². The standard InChI is InChI=1S/C16H25BNO4/c1-11-9-18-10-12(2)20-17(19-11)21-14-7-6-13(16(3,4)5)8-15(14)22-17/h6-8,11-12,18H,9-10H2,1-5H3/q-1/p+1. The van der Waals surface area contributed by atoms with Crippen molar-refractivity contribution in [3.05, 3.63) is 23.8 Å². The highest BCUT2D eigenvalue weighted by Crippen LogP contribution is 2.41. The summed E-state index contributed by atoms with van der Waals surface area (Å²) in [5, 5.41) is 2.19. The molecule has 0 saturated carbocycles. The smallest absolute Gasteiger partial charge is 0.632 e. The van der Waals surface area contributed by atoms with E-state index in [4.69, 9.17) is 18.6 Å². The van der Waals surface area contributed by atoms with Gasteiger partial charge in [-0.3, -0.25) is 0 Å². The molecule has 122 valence electrons. The fourth-order valence-electron chi connectivity index (χ4n) is 2.89. The third-order valence-corrected chi connectivity index (χ3v) is 4.15. The summed E-state index contributed by atoms with van der Waals surface area (Å²) in [6.07, 6.45) is 0.00722. The Hall–Kier alpha value is -1.24. The quantitative estimate of drug-likeness (QED) is 0.739. The molecule has 1 aromatic carbocycles. The predicted octanol–water partition coefficient (Wildman–Crippen LogP) is 1.58. The summed E-state index contributed by atoms with van der Waals surface area (Å²) < 4.78 is 24.0. The summed E-state index contributed by atoms with van der Waals surface area (Å²) in [4.78, 5) is 0. The maximum Gasteiger partial charge on any atom is 0.653 e. The molecule has 3 rings (SSSR count). The monoisotopic (exact) mass is 307 g/mol. The molecule has 22 heavy (non-hydrogen) atoms. The fourth-order valence-corrected chi connectivity index (χ4v) is 2.89. The topological polar surface area (TPSA) is 53.5 Å². The van der Waals surface area contributed by atoms with Gasteiger partial charge in [0.1, 0.15) is 11.5 Å². The van der Waals surface area contributed by atoms with E-state index in [1.54, 1.807) is 0 Å². The highest BCUT2D eigenvalue weighted by atomic mass is 16.9. The van der Waals surface area contributed by atoms with E-state index < -0.39 is 6.96 Å². The molecule has 2 N–H and O–H groups in total. The van der Waals surface area contributed by atoms with Crippen LogP contribution in [0.2, 0.25) is 0 Å². The van der Waals surface area contributed by atoms with Gasteiger partial charge in [0.2, 0.25) is 0 Å². The van der Waals surface area contributed by atoms with Gasteiger partial charge in [-0.15, -0.1) is 0 Å². The van der Waals surface area contributed by atoms with Crippen molar-refractivity contribution in [2.24, 2.45) is 0 Å². The lowest BCUT2D eigenvalue weighted by atomic mass is 9.87. The van der Waals surface area contributed by atoms with Gasteiger partial charge in [-0.1, -0.05) is 26.8 Å². The Kier molecular flexibility index (Phi) is 3.87. The molecule has 0 amide bonds. The van der Waals surface area contributed by atoms with E-state index in [2.05, 4.69) is 32.2 Å². The molecule has 0 aliphatic carbocycles. The summed E-state index contributed by atoms with van der Waals surface area (Å²) in [5.41, 5.74) is 1.25. The number of rotatable bonds is 0. The van der Waals surface area contributed by atoms with Crippen LogP contribution >= 0.6 is 0 Å². The van der Waals surface area contributed by atoms with Gasteiger partial charge in [-0.25, -0.2) is 0 Å². The van der Waals surface area contributed by atoms with E-state index in [-0.39, 0.29) is 17.6 Å². The summed E-state index contributed by atoms with van der Waals surface area (Å²) in [7, 11) is 0. The average molecular weight is 307 g/mol. The maximum atomic E-state index is 6.03. The summed E-state index contributed by atoms with van der Waals surface area (Å²) in [6, 6.07) is 6.04. The van der Waals surface area contributed by atoms with Crippen molar-refractivity contribution in [2.75, 3.05) is 13.1 Å². The number of nitrogens with two attached hydrogens (primary N) is 1. The molecular weight excluding hydrogens is 281 g/mol. The highest BCUT2D eigenvalue weighted by Gasteiger charge is 2.46. The molecule has 2 unspecified atom stereocenters. The zero-order chi connectivity index (χ0) is 16.0. The van der Waals surface area contributed by atoms with Gasteiger partial charge in [-0.05, 0) is 37.0 Å². The first-order valence-corrected chi connectivity index (χ1v) is 8.10. The van der Waals surface area contributed by atoms with Gasteiger partial charge in [0.05, 0.1) is 25.3 Å². The van der Waals surface area contributed by atoms with E-state index in [9.17, 15) is 0 Å². The first kappa shape index (κ1) is 15.7. The second kappa shape index (κ2) is 5.44. The SMILES string of the molecule is CC1C[NH2+]CC(C)O[B-]2(Oc3ccc(C(C)(C)C)cc3O2)O1. The minimum atomic E-state index is -2.21. The van der Waals surface area contributed by atoms with Crippen LogP contribution in [0.25, 0.3) is 0 Å². The molecule has 0 aromatic heterocycles. The van der Waals surface area contributed by atoms with Crippen LogP contribution in [0.3, 0.4) is 0 Å². The Labute approximate surface area is 132 Å². The third kappa shape index (κ3) is 3.09. The third-order valence-electron chi connectivity index (χ3n) is 4.15. The zero-order valence-electron chi connectivity index (χ0n) is 14.1. The molecule has 1 fully saturated rings. The highest BCUT2D eigenvalue weighted by molar-refractivity contribution is 6.56. The van der Waals surface area contributed by atoms with Crippen molar-refractivity contribution in [3.63, 3.8) is 0 Å². The van der Waals surface area contributed by atoms with Crippen molar-refractivity contribution < 1.29 is 23.9 Å². The lowest BCUT2D eigenvalue weighted by Crippen LogP contribution is -2.89. The van der Waals surface area contributed by atoms with E-state index >= 15 is 0 Å². The molecule has 1 aromatic rings. The number of quaternary nitrogens is 1. The molecular formula is C16H26BNO4. The van der Waals surface area contributed by atoms with Crippen LogP contribution in [0.1, 0.15) is 40.2 Å². The second-order valence-corrected chi connectivity index (χ2v) is 7.38. The maximum absolute atomic E-state index is 6.03. The lowest BCUT2D eigenvalue weighted by molar-refractivity contribution is -0.667. The molecule has 6 heteroatoms. The van der Waals surface area contributed by atoms with Gasteiger partial charge in [-0.2, -0.15) is 0 Å². The normalized spacial score (nSPS) is 31.9. The van der Waals surface area contributed by atoms with Crippen LogP contribution in [-0.2, 0) is 14.7 Å². The van der Waals surface area contributed by atoms with E-state index in [0.29, 0.717) is 11.5 Å². The summed E-state index contributed by atoms with van der Waals surface area (Å²) in [6.45, 7) is 10.1. The van der Waals surface area contributed by atoms with Gasteiger partial charge < -0.3 is 23.9 Å². The number of benzene rings is 1. The summed E-state index contributed by atoms with van der Waals surface area (Å²) >= 11 is 0. The summed E-state index contributed by atoms with van der Waals surface area (Å²) in [5.74, 6) is 1.40. The van der Waals surface area contributed by atoms with Crippen molar-refractivity contribution in [3.8, 4) is 11.5 Å². The van der Waals surface area contributed by atoms with Crippen molar-refractivity contribution in [2.45, 2.75) is 52.2 Å². The van der Waals surface area contributed by atoms with Crippen LogP contribution in [-0.4, -0.2) is 32.3 Å². The molecule has 2 aliphatic heterocycles. The second-order valence-electron chi connectivity index (χ2n) is 7.38. The number of hydrogen-bond acceptors (Lipinski definition) is 4. The Morgan fingerprint density at radius 1 is 1.00 bits per heavy atom. The minimum absolute atomic E-state index is 0.00361. The van der Waals surface area contributed by atoms with Gasteiger partial charge >= 0.3 is 6.96 Å². The first-order valence-electron chi connectivity index (χ1n) is 8.10.